The summed E-state index contributed by atoms with van der Waals surface area (Å²) in [6, 6.07) is 13.2. The predicted molar refractivity (Wildman–Crippen MR) is 95.2 cm³/mol. The molecule has 0 radical (unpaired) electrons. The minimum atomic E-state index is 0.00258. The minimum absolute atomic E-state index is 0.00258. The maximum absolute atomic E-state index is 12.2. The van der Waals surface area contributed by atoms with Crippen LogP contribution in [-0.2, 0) is 11.3 Å². The Morgan fingerprint density at radius 2 is 2.04 bits per heavy atom. The number of pyridine rings is 1. The molecule has 0 N–H and O–H groups in total. The molecule has 0 aliphatic heterocycles. The van der Waals surface area contributed by atoms with E-state index in [1.54, 1.807) is 30.4 Å². The molecule has 7 heteroatoms. The standard InChI is InChI=1S/C19H20N4O3/c1-23(18(24)10-6-12-25-16-8-3-2-4-9-16)14-17-21-19(22-26-17)15-7-5-11-20-13-15/h2-5,7-9,11,13H,6,10,12,14H2,1H3. The van der Waals surface area contributed by atoms with Crippen LogP contribution in [0.4, 0.5) is 0 Å². The molecule has 134 valence electrons. The topological polar surface area (TPSA) is 81.4 Å². The molecular weight excluding hydrogens is 332 g/mol. The van der Waals surface area contributed by atoms with Crippen LogP contribution >= 0.6 is 0 Å². The van der Waals surface area contributed by atoms with Gasteiger partial charge < -0.3 is 14.2 Å². The number of rotatable bonds is 8. The lowest BCUT2D eigenvalue weighted by atomic mass is 10.3. The molecule has 26 heavy (non-hydrogen) atoms. The Labute approximate surface area is 151 Å². The lowest BCUT2D eigenvalue weighted by Crippen LogP contribution is -2.26. The average molecular weight is 352 g/mol. The molecule has 0 aliphatic rings. The third-order valence-electron chi connectivity index (χ3n) is 3.73. The Kier molecular flexibility index (Phi) is 5.92. The molecule has 3 rings (SSSR count). The molecule has 3 aromatic rings. The van der Waals surface area contributed by atoms with Crippen LogP contribution in [0, 0.1) is 0 Å². The molecule has 0 fully saturated rings. The maximum Gasteiger partial charge on any atom is 0.246 e. The van der Waals surface area contributed by atoms with Crippen molar-refractivity contribution in [3.63, 3.8) is 0 Å². The minimum Gasteiger partial charge on any atom is -0.494 e. The van der Waals surface area contributed by atoms with E-state index < -0.39 is 0 Å². The molecular formula is C19H20N4O3. The molecule has 2 aromatic heterocycles. The molecule has 1 amide bonds. The zero-order valence-electron chi connectivity index (χ0n) is 14.5. The number of hydrogen-bond acceptors (Lipinski definition) is 6. The van der Waals surface area contributed by atoms with Gasteiger partial charge in [-0.3, -0.25) is 9.78 Å². The Balaban J connectivity index is 1.43. The molecule has 0 unspecified atom stereocenters. The summed E-state index contributed by atoms with van der Waals surface area (Å²) >= 11 is 0. The van der Waals surface area contributed by atoms with Crippen LogP contribution in [0.15, 0.2) is 59.4 Å². The number of para-hydroxylation sites is 1. The normalized spacial score (nSPS) is 10.5. The van der Waals surface area contributed by atoms with Crippen molar-refractivity contribution in [1.29, 1.82) is 0 Å². The van der Waals surface area contributed by atoms with E-state index in [0.717, 1.165) is 11.3 Å². The van der Waals surface area contributed by atoms with Gasteiger partial charge in [0.15, 0.2) is 0 Å². The summed E-state index contributed by atoms with van der Waals surface area (Å²) in [7, 11) is 1.72. The van der Waals surface area contributed by atoms with Crippen LogP contribution in [0.3, 0.4) is 0 Å². The van der Waals surface area contributed by atoms with Crippen molar-refractivity contribution in [1.82, 2.24) is 20.0 Å². The highest BCUT2D eigenvalue weighted by atomic mass is 16.5. The fourth-order valence-electron chi connectivity index (χ4n) is 2.34. The zero-order valence-corrected chi connectivity index (χ0v) is 14.5. The van der Waals surface area contributed by atoms with Gasteiger partial charge in [-0.1, -0.05) is 23.4 Å². The second kappa shape index (κ2) is 8.75. The number of benzene rings is 1. The summed E-state index contributed by atoms with van der Waals surface area (Å²) in [5.74, 6) is 1.66. The predicted octanol–water partition coefficient (Wildman–Crippen LogP) is 2.95. The van der Waals surface area contributed by atoms with Gasteiger partial charge in [-0.2, -0.15) is 4.98 Å². The van der Waals surface area contributed by atoms with Crippen LogP contribution in [0.25, 0.3) is 11.4 Å². The fourth-order valence-corrected chi connectivity index (χ4v) is 2.34. The van der Waals surface area contributed by atoms with Crippen LogP contribution in [-0.4, -0.2) is 39.6 Å². The molecule has 7 nitrogen and oxygen atoms in total. The molecule has 0 saturated carbocycles. The number of carbonyl (C=O) groups is 1. The first-order valence-electron chi connectivity index (χ1n) is 8.37. The van der Waals surface area contributed by atoms with Crippen molar-refractivity contribution in [2.75, 3.05) is 13.7 Å². The van der Waals surface area contributed by atoms with Gasteiger partial charge in [0.2, 0.25) is 17.6 Å². The second-order valence-electron chi connectivity index (χ2n) is 5.77. The van der Waals surface area contributed by atoms with E-state index in [-0.39, 0.29) is 12.5 Å². The molecule has 1 aromatic carbocycles. The number of amides is 1. The summed E-state index contributed by atoms with van der Waals surface area (Å²) < 4.78 is 10.8. The summed E-state index contributed by atoms with van der Waals surface area (Å²) in [6.07, 6.45) is 4.38. The Hall–Kier alpha value is -3.22. The van der Waals surface area contributed by atoms with E-state index >= 15 is 0 Å². The van der Waals surface area contributed by atoms with Crippen LogP contribution < -0.4 is 4.74 Å². The second-order valence-corrected chi connectivity index (χ2v) is 5.77. The van der Waals surface area contributed by atoms with Gasteiger partial charge in [-0.05, 0) is 30.7 Å². The van der Waals surface area contributed by atoms with E-state index in [0.29, 0.717) is 31.2 Å². The first-order chi connectivity index (χ1) is 12.7. The van der Waals surface area contributed by atoms with E-state index in [2.05, 4.69) is 15.1 Å². The van der Waals surface area contributed by atoms with E-state index in [4.69, 9.17) is 9.26 Å². The lowest BCUT2D eigenvalue weighted by Gasteiger charge is -2.14. The van der Waals surface area contributed by atoms with Crippen molar-refractivity contribution in [3.8, 4) is 17.1 Å². The maximum atomic E-state index is 12.2. The Morgan fingerprint density at radius 1 is 1.19 bits per heavy atom. The number of ether oxygens (including phenoxy) is 1. The molecule has 0 spiro atoms. The highest BCUT2D eigenvalue weighted by Gasteiger charge is 2.14. The monoisotopic (exact) mass is 352 g/mol. The smallest absolute Gasteiger partial charge is 0.246 e. The molecule has 0 bridgehead atoms. The molecule has 0 saturated heterocycles. The first kappa shape index (κ1) is 17.6. The highest BCUT2D eigenvalue weighted by molar-refractivity contribution is 5.75. The van der Waals surface area contributed by atoms with Crippen molar-refractivity contribution < 1.29 is 14.1 Å². The molecule has 0 aliphatic carbocycles. The highest BCUT2D eigenvalue weighted by Crippen LogP contribution is 2.14. The number of aromatic nitrogens is 3. The first-order valence-corrected chi connectivity index (χ1v) is 8.37. The van der Waals surface area contributed by atoms with E-state index in [1.165, 1.54) is 0 Å². The van der Waals surface area contributed by atoms with Crippen molar-refractivity contribution >= 4 is 5.91 Å². The van der Waals surface area contributed by atoms with E-state index in [1.807, 2.05) is 36.4 Å². The van der Waals surface area contributed by atoms with Crippen LogP contribution in [0.2, 0.25) is 0 Å². The quantitative estimate of drug-likeness (QED) is 0.580. The number of carbonyl (C=O) groups excluding carboxylic acids is 1. The molecule has 2 heterocycles. The van der Waals surface area contributed by atoms with E-state index in [9.17, 15) is 4.79 Å². The summed E-state index contributed by atoms with van der Waals surface area (Å²) in [5.41, 5.74) is 0.773. The fraction of sp³-hybridized carbons (Fsp3) is 0.263. The van der Waals surface area contributed by atoms with Crippen molar-refractivity contribution in [2.24, 2.45) is 0 Å². The summed E-state index contributed by atoms with van der Waals surface area (Å²) in [5, 5.41) is 3.92. The van der Waals surface area contributed by atoms with Crippen LogP contribution in [0.1, 0.15) is 18.7 Å². The Morgan fingerprint density at radius 3 is 2.81 bits per heavy atom. The SMILES string of the molecule is CN(Cc1nc(-c2cccnc2)no1)C(=O)CCCOc1ccccc1. The Bertz CT molecular complexity index is 821. The largest absolute Gasteiger partial charge is 0.494 e. The van der Waals surface area contributed by atoms with Gasteiger partial charge in [-0.15, -0.1) is 0 Å². The van der Waals surface area contributed by atoms with Gasteiger partial charge in [0, 0.05) is 31.4 Å². The average Bonchev–Trinajstić information content (AvgIpc) is 3.15. The number of nitrogens with zero attached hydrogens (tertiary/aromatic N) is 4. The van der Waals surface area contributed by atoms with Gasteiger partial charge in [0.05, 0.1) is 13.2 Å². The van der Waals surface area contributed by atoms with Crippen molar-refractivity contribution in [3.05, 3.63) is 60.7 Å². The van der Waals surface area contributed by atoms with Gasteiger partial charge >= 0.3 is 0 Å². The third kappa shape index (κ3) is 4.89. The van der Waals surface area contributed by atoms with Crippen LogP contribution in [0.5, 0.6) is 5.75 Å². The van der Waals surface area contributed by atoms with Gasteiger partial charge in [0.25, 0.3) is 0 Å². The number of hydrogen-bond donors (Lipinski definition) is 0. The summed E-state index contributed by atoms with van der Waals surface area (Å²) in [6.45, 7) is 0.765. The zero-order chi connectivity index (χ0) is 18.2. The molecule has 0 atom stereocenters. The lowest BCUT2D eigenvalue weighted by molar-refractivity contribution is -0.131. The summed E-state index contributed by atoms with van der Waals surface area (Å²) in [4.78, 5) is 22.1. The van der Waals surface area contributed by atoms with Gasteiger partial charge in [-0.25, -0.2) is 0 Å². The van der Waals surface area contributed by atoms with Gasteiger partial charge in [0.1, 0.15) is 5.75 Å². The van der Waals surface area contributed by atoms with Crippen molar-refractivity contribution in [2.45, 2.75) is 19.4 Å². The third-order valence-corrected chi connectivity index (χ3v) is 3.73.